The van der Waals surface area contributed by atoms with Gasteiger partial charge in [-0.25, -0.2) is 14.8 Å². The predicted octanol–water partition coefficient (Wildman–Crippen LogP) is 8.75. The average molecular weight is 540 g/mol. The minimum Gasteiger partial charge on any atom is -0.494 e. The van der Waals surface area contributed by atoms with Crippen molar-refractivity contribution in [2.45, 2.75) is 71.1 Å². The second kappa shape index (κ2) is 16.1. The van der Waals surface area contributed by atoms with Crippen molar-refractivity contribution in [1.29, 1.82) is 0 Å². The average Bonchev–Trinajstić information content (AvgIpc) is 3.00. The summed E-state index contributed by atoms with van der Waals surface area (Å²) in [5.74, 6) is 1.91. The highest BCUT2D eigenvalue weighted by Crippen LogP contribution is 2.24. The number of ether oxygens (including phenoxy) is 1. The van der Waals surface area contributed by atoms with Crippen LogP contribution in [0.15, 0.2) is 78.9 Å². The largest absolute Gasteiger partial charge is 0.494 e. The number of unbranched alkanes of at least 4 members (excludes halogenated alkanes) is 9. The van der Waals surface area contributed by atoms with Crippen LogP contribution in [0, 0.1) is 0 Å². The van der Waals surface area contributed by atoms with E-state index in [2.05, 4.69) is 33.1 Å². The summed E-state index contributed by atoms with van der Waals surface area (Å²) < 4.78 is 5.88. The van der Waals surface area contributed by atoms with Gasteiger partial charge in [0, 0.05) is 16.6 Å². The smallest absolute Gasteiger partial charge is 0.337 e. The summed E-state index contributed by atoms with van der Waals surface area (Å²) in [5.41, 5.74) is 8.00. The summed E-state index contributed by atoms with van der Waals surface area (Å²) >= 11 is 0. The molecule has 0 aliphatic carbocycles. The van der Waals surface area contributed by atoms with Crippen LogP contribution in [0.3, 0.4) is 0 Å². The molecule has 1 aromatic heterocycles. The first kappa shape index (κ1) is 28.9. The molecule has 0 atom stereocenters. The van der Waals surface area contributed by atoms with Gasteiger partial charge in [-0.2, -0.15) is 0 Å². The molecule has 0 spiro atoms. The van der Waals surface area contributed by atoms with E-state index in [1.165, 1.54) is 57.8 Å². The Hall–Kier alpha value is -4.13. The van der Waals surface area contributed by atoms with Gasteiger partial charge in [0.2, 0.25) is 0 Å². The van der Waals surface area contributed by atoms with Gasteiger partial charge in [-0.15, -0.1) is 0 Å². The van der Waals surface area contributed by atoms with Gasteiger partial charge < -0.3 is 10.1 Å². The number of anilines is 2. The maximum atomic E-state index is 12.6. The Labute approximate surface area is 237 Å². The van der Waals surface area contributed by atoms with E-state index < -0.39 is 6.03 Å². The zero-order valence-electron chi connectivity index (χ0n) is 23.5. The fourth-order valence-corrected chi connectivity index (χ4v) is 4.58. The summed E-state index contributed by atoms with van der Waals surface area (Å²) in [5, 5.41) is 3.65. The minimum atomic E-state index is -0.400. The van der Waals surface area contributed by atoms with E-state index in [1.54, 1.807) is 0 Å². The molecule has 0 radical (unpaired) electrons. The number of urea groups is 1. The zero-order valence-corrected chi connectivity index (χ0v) is 23.5. The standard InChI is InChI=1S/C33H41N5O2/c1-2-3-4-5-6-7-8-9-10-16-25-40-28-23-21-27(22-24-28)34-33(39)38-37-32-29-19-14-15-20-30(29)35-31(36-32)26-17-12-11-13-18-26/h11-15,17-24H,2-10,16,25H2,1H3,(H2,34,38,39)(H,35,36,37). The second-order valence-electron chi connectivity index (χ2n) is 10.0. The molecule has 1 heterocycles. The number of hydrogen-bond donors (Lipinski definition) is 3. The first-order valence-electron chi connectivity index (χ1n) is 14.6. The number of aromatic nitrogens is 2. The van der Waals surface area contributed by atoms with E-state index in [-0.39, 0.29) is 0 Å². The first-order valence-corrected chi connectivity index (χ1v) is 14.6. The minimum absolute atomic E-state index is 0.400. The molecule has 210 valence electrons. The number of amides is 2. The molecule has 7 heteroatoms. The molecule has 40 heavy (non-hydrogen) atoms. The molecule has 0 aliphatic rings. The SMILES string of the molecule is CCCCCCCCCCCCOc1ccc(NC(=O)NNc2nc(-c3ccccc3)nc3ccccc23)cc1. The maximum absolute atomic E-state index is 12.6. The molecular formula is C33H41N5O2. The Bertz CT molecular complexity index is 1310. The summed E-state index contributed by atoms with van der Waals surface area (Å²) in [6, 6.07) is 24.5. The number of carbonyl (C=O) groups excluding carboxylic acids is 1. The van der Waals surface area contributed by atoms with E-state index in [4.69, 9.17) is 4.74 Å². The van der Waals surface area contributed by atoms with Crippen molar-refractivity contribution in [2.75, 3.05) is 17.3 Å². The quantitative estimate of drug-likeness (QED) is 0.0978. The van der Waals surface area contributed by atoms with Crippen LogP contribution >= 0.6 is 0 Å². The van der Waals surface area contributed by atoms with E-state index in [0.29, 0.717) is 23.9 Å². The van der Waals surface area contributed by atoms with Gasteiger partial charge in [0.15, 0.2) is 11.6 Å². The highest BCUT2D eigenvalue weighted by atomic mass is 16.5. The van der Waals surface area contributed by atoms with Gasteiger partial charge in [0.05, 0.1) is 12.1 Å². The highest BCUT2D eigenvalue weighted by Gasteiger charge is 2.10. The van der Waals surface area contributed by atoms with Crippen molar-refractivity contribution in [2.24, 2.45) is 0 Å². The Morgan fingerprint density at radius 3 is 2.10 bits per heavy atom. The molecule has 0 fully saturated rings. The molecule has 4 aromatic rings. The number of fused-ring (bicyclic) bond motifs is 1. The summed E-state index contributed by atoms with van der Waals surface area (Å²) in [4.78, 5) is 21.9. The van der Waals surface area contributed by atoms with Crippen molar-refractivity contribution < 1.29 is 9.53 Å². The zero-order chi connectivity index (χ0) is 27.8. The van der Waals surface area contributed by atoms with Crippen LogP contribution in [-0.4, -0.2) is 22.6 Å². The summed E-state index contributed by atoms with van der Waals surface area (Å²) in [7, 11) is 0. The van der Waals surface area contributed by atoms with Crippen molar-refractivity contribution in [3.63, 3.8) is 0 Å². The third-order valence-corrected chi connectivity index (χ3v) is 6.81. The van der Waals surface area contributed by atoms with Gasteiger partial charge in [0.25, 0.3) is 0 Å². The normalized spacial score (nSPS) is 10.8. The van der Waals surface area contributed by atoms with Crippen LogP contribution in [0.1, 0.15) is 71.1 Å². The molecule has 7 nitrogen and oxygen atoms in total. The van der Waals surface area contributed by atoms with Crippen molar-refractivity contribution in [3.05, 3.63) is 78.9 Å². The van der Waals surface area contributed by atoms with Crippen molar-refractivity contribution in [3.8, 4) is 17.1 Å². The van der Waals surface area contributed by atoms with Crippen LogP contribution in [-0.2, 0) is 0 Å². The Morgan fingerprint density at radius 1 is 0.725 bits per heavy atom. The molecule has 0 saturated carbocycles. The van der Waals surface area contributed by atoms with Gasteiger partial charge in [-0.3, -0.25) is 10.9 Å². The fourth-order valence-electron chi connectivity index (χ4n) is 4.58. The van der Waals surface area contributed by atoms with E-state index >= 15 is 0 Å². The number of carbonyl (C=O) groups is 1. The van der Waals surface area contributed by atoms with Gasteiger partial charge in [-0.05, 0) is 42.8 Å². The predicted molar refractivity (Wildman–Crippen MR) is 165 cm³/mol. The lowest BCUT2D eigenvalue weighted by molar-refractivity contribution is 0.254. The van der Waals surface area contributed by atoms with Crippen LogP contribution in [0.25, 0.3) is 22.3 Å². The van der Waals surface area contributed by atoms with E-state index in [0.717, 1.165) is 28.6 Å². The van der Waals surface area contributed by atoms with Crippen molar-refractivity contribution >= 4 is 28.4 Å². The van der Waals surface area contributed by atoms with Crippen LogP contribution in [0.2, 0.25) is 0 Å². The van der Waals surface area contributed by atoms with Crippen molar-refractivity contribution in [1.82, 2.24) is 15.4 Å². The van der Waals surface area contributed by atoms with Crippen LogP contribution in [0.5, 0.6) is 5.75 Å². The molecule has 2 amide bonds. The molecule has 3 aromatic carbocycles. The number of hydrogen-bond acceptors (Lipinski definition) is 5. The maximum Gasteiger partial charge on any atom is 0.337 e. The van der Waals surface area contributed by atoms with E-state index in [9.17, 15) is 4.79 Å². The number of rotatable bonds is 16. The van der Waals surface area contributed by atoms with Crippen LogP contribution in [0.4, 0.5) is 16.3 Å². The second-order valence-corrected chi connectivity index (χ2v) is 10.0. The lowest BCUT2D eigenvalue weighted by Gasteiger charge is -2.13. The summed E-state index contributed by atoms with van der Waals surface area (Å²) in [6.07, 6.45) is 13.0. The number of hydrazine groups is 1. The highest BCUT2D eigenvalue weighted by molar-refractivity contribution is 5.93. The Morgan fingerprint density at radius 2 is 1.38 bits per heavy atom. The summed E-state index contributed by atoms with van der Waals surface area (Å²) in [6.45, 7) is 2.97. The third-order valence-electron chi connectivity index (χ3n) is 6.81. The molecule has 0 aliphatic heterocycles. The van der Waals surface area contributed by atoms with Crippen LogP contribution < -0.4 is 20.9 Å². The van der Waals surface area contributed by atoms with Gasteiger partial charge in [-0.1, -0.05) is 107 Å². The number of para-hydroxylation sites is 1. The Balaban J connectivity index is 1.19. The first-order chi connectivity index (χ1) is 19.7. The number of nitrogens with zero attached hydrogens (tertiary/aromatic N) is 2. The lowest BCUT2D eigenvalue weighted by atomic mass is 10.1. The lowest BCUT2D eigenvalue weighted by Crippen LogP contribution is -2.34. The molecule has 0 bridgehead atoms. The molecule has 4 rings (SSSR count). The molecule has 0 unspecified atom stereocenters. The topological polar surface area (TPSA) is 88.2 Å². The Kier molecular flexibility index (Phi) is 11.6. The number of nitrogens with one attached hydrogen (secondary N) is 3. The monoisotopic (exact) mass is 539 g/mol. The number of benzene rings is 3. The molecular weight excluding hydrogens is 498 g/mol. The fraction of sp³-hybridized carbons (Fsp3) is 0.364. The molecule has 3 N–H and O–H groups in total. The van der Waals surface area contributed by atoms with Gasteiger partial charge >= 0.3 is 6.03 Å². The van der Waals surface area contributed by atoms with E-state index in [1.807, 2.05) is 78.9 Å². The molecule has 0 saturated heterocycles. The third kappa shape index (κ3) is 9.26. The van der Waals surface area contributed by atoms with Gasteiger partial charge in [0.1, 0.15) is 5.75 Å².